The Hall–Kier alpha value is -8.20. The summed E-state index contributed by atoms with van der Waals surface area (Å²) in [5.41, 5.74) is 18.6. The third kappa shape index (κ3) is 5.95. The maximum Gasteiger partial charge on any atom is 0.0714 e. The molecule has 0 amide bonds. The van der Waals surface area contributed by atoms with Crippen molar-refractivity contribution in [3.8, 4) is 39.1 Å². The lowest BCUT2D eigenvalue weighted by Crippen LogP contribution is -2.28. The molecule has 1 aliphatic rings. The number of anilines is 3. The zero-order chi connectivity index (χ0) is 41.7. The topological polar surface area (TPSA) is 8.17 Å². The van der Waals surface area contributed by atoms with Gasteiger partial charge in [-0.2, -0.15) is 0 Å². The number of hydrogen-bond acceptors (Lipinski definition) is 1. The van der Waals surface area contributed by atoms with Crippen molar-refractivity contribution in [1.29, 1.82) is 0 Å². The molecule has 63 heavy (non-hydrogen) atoms. The maximum atomic E-state index is 2.46. The molecule has 0 unspecified atom stereocenters. The molecule has 2 nitrogen and oxygen atoms in total. The SMILES string of the molecule is c1ccc(-c2cccc(N(c3cccc(-c4ccc5c(c4)c4ccccc4n5-c4ccccc4)c3)c3ccc4c(c3)C(c3ccccc3)(c3ccccc3)c3ccccc3-4)c2)cc1. The zero-order valence-corrected chi connectivity index (χ0v) is 34.6. The summed E-state index contributed by atoms with van der Waals surface area (Å²) in [5.74, 6) is 0. The van der Waals surface area contributed by atoms with Gasteiger partial charge in [0.05, 0.1) is 16.4 Å². The molecule has 12 rings (SSSR count). The standard InChI is InChI=1S/C61H42N2/c1-5-19-43(20-6-1)44-21-17-29-50(39-44)62(51-30-18-22-45(40-51)46-35-38-60-56(41-46)55-32-14-16-34-59(55)63(60)49-27-11-4-12-28-49)52-36-37-54-53-31-13-15-33-57(53)61(58(54)42-52,47-23-7-2-8-24-47)48-25-9-3-10-26-48/h1-42H. The van der Waals surface area contributed by atoms with Gasteiger partial charge >= 0.3 is 0 Å². The summed E-state index contributed by atoms with van der Waals surface area (Å²) in [6.45, 7) is 0. The van der Waals surface area contributed by atoms with E-state index in [-0.39, 0.29) is 0 Å². The van der Waals surface area contributed by atoms with Gasteiger partial charge in [0, 0.05) is 33.5 Å². The molecule has 1 aliphatic carbocycles. The number of aromatic nitrogens is 1. The van der Waals surface area contributed by atoms with E-state index in [0.29, 0.717) is 0 Å². The van der Waals surface area contributed by atoms with Crippen molar-refractivity contribution in [3.63, 3.8) is 0 Å². The van der Waals surface area contributed by atoms with Crippen LogP contribution in [0, 0.1) is 0 Å². The summed E-state index contributed by atoms with van der Waals surface area (Å²) in [5, 5.41) is 2.48. The Morgan fingerprint density at radius 1 is 0.302 bits per heavy atom. The molecule has 11 aromatic rings. The van der Waals surface area contributed by atoms with E-state index in [4.69, 9.17) is 0 Å². The van der Waals surface area contributed by atoms with E-state index in [9.17, 15) is 0 Å². The van der Waals surface area contributed by atoms with Crippen LogP contribution in [-0.4, -0.2) is 4.57 Å². The summed E-state index contributed by atoms with van der Waals surface area (Å²) in [7, 11) is 0. The fraction of sp³-hybridized carbons (Fsp3) is 0.0164. The number of para-hydroxylation sites is 2. The van der Waals surface area contributed by atoms with Crippen molar-refractivity contribution in [2.45, 2.75) is 5.41 Å². The first-order valence-electron chi connectivity index (χ1n) is 21.8. The molecule has 1 aromatic heterocycles. The van der Waals surface area contributed by atoms with Gasteiger partial charge in [-0.15, -0.1) is 0 Å². The Kier molecular flexibility index (Phi) is 8.76. The molecule has 0 spiro atoms. The van der Waals surface area contributed by atoms with E-state index in [1.807, 2.05) is 0 Å². The van der Waals surface area contributed by atoms with Crippen LogP contribution in [0.1, 0.15) is 22.3 Å². The van der Waals surface area contributed by atoms with Gasteiger partial charge in [0.1, 0.15) is 0 Å². The van der Waals surface area contributed by atoms with Crippen LogP contribution < -0.4 is 4.90 Å². The number of hydrogen-bond donors (Lipinski definition) is 0. The number of nitrogens with zero attached hydrogens (tertiary/aromatic N) is 2. The minimum absolute atomic E-state index is 0.516. The lowest BCUT2D eigenvalue weighted by atomic mass is 9.67. The Labute approximate surface area is 368 Å². The van der Waals surface area contributed by atoms with Crippen molar-refractivity contribution in [1.82, 2.24) is 4.57 Å². The molecule has 0 atom stereocenters. The largest absolute Gasteiger partial charge is 0.310 e. The summed E-state index contributed by atoms with van der Waals surface area (Å²) < 4.78 is 2.38. The first kappa shape index (κ1) is 36.6. The Bertz CT molecular complexity index is 3400. The van der Waals surface area contributed by atoms with Crippen LogP contribution in [0.5, 0.6) is 0 Å². The fourth-order valence-corrected chi connectivity index (χ4v) is 10.3. The molecule has 0 saturated carbocycles. The Morgan fingerprint density at radius 3 is 1.51 bits per heavy atom. The van der Waals surface area contributed by atoms with E-state index < -0.39 is 5.41 Å². The first-order valence-corrected chi connectivity index (χ1v) is 21.8. The molecule has 1 heterocycles. The minimum atomic E-state index is -0.516. The van der Waals surface area contributed by atoms with Crippen LogP contribution in [0.4, 0.5) is 17.1 Å². The zero-order valence-electron chi connectivity index (χ0n) is 34.6. The Morgan fingerprint density at radius 2 is 0.810 bits per heavy atom. The number of benzene rings is 10. The number of rotatable bonds is 8. The van der Waals surface area contributed by atoms with Gasteiger partial charge < -0.3 is 9.47 Å². The van der Waals surface area contributed by atoms with Gasteiger partial charge in [0.2, 0.25) is 0 Å². The van der Waals surface area contributed by atoms with E-state index in [1.54, 1.807) is 0 Å². The second kappa shape index (κ2) is 15.1. The molecule has 0 radical (unpaired) electrons. The molecule has 2 heteroatoms. The van der Waals surface area contributed by atoms with Crippen molar-refractivity contribution < 1.29 is 0 Å². The van der Waals surface area contributed by atoms with Gasteiger partial charge in [-0.25, -0.2) is 0 Å². The minimum Gasteiger partial charge on any atom is -0.310 e. The monoisotopic (exact) mass is 802 g/mol. The van der Waals surface area contributed by atoms with Gasteiger partial charge in [-0.1, -0.05) is 188 Å². The van der Waals surface area contributed by atoms with Gasteiger partial charge in [0.15, 0.2) is 0 Å². The maximum absolute atomic E-state index is 2.46. The van der Waals surface area contributed by atoms with E-state index in [1.165, 1.54) is 71.9 Å². The quantitative estimate of drug-likeness (QED) is 0.149. The van der Waals surface area contributed by atoms with Crippen LogP contribution in [-0.2, 0) is 5.41 Å². The highest BCUT2D eigenvalue weighted by molar-refractivity contribution is 6.10. The summed E-state index contributed by atoms with van der Waals surface area (Å²) in [6, 6.07) is 93.3. The molecular formula is C61H42N2. The lowest BCUT2D eigenvalue weighted by Gasteiger charge is -2.35. The van der Waals surface area contributed by atoms with Gasteiger partial charge in [0.25, 0.3) is 0 Å². The first-order chi connectivity index (χ1) is 31.3. The van der Waals surface area contributed by atoms with Crippen LogP contribution >= 0.6 is 0 Å². The van der Waals surface area contributed by atoms with Crippen LogP contribution in [0.15, 0.2) is 255 Å². The number of fused-ring (bicyclic) bond motifs is 6. The smallest absolute Gasteiger partial charge is 0.0714 e. The van der Waals surface area contributed by atoms with Gasteiger partial charge in [-0.3, -0.25) is 0 Å². The highest BCUT2D eigenvalue weighted by Crippen LogP contribution is 2.57. The normalized spacial score (nSPS) is 12.6. The summed E-state index contributed by atoms with van der Waals surface area (Å²) in [6.07, 6.45) is 0. The average Bonchev–Trinajstić information content (AvgIpc) is 3.85. The van der Waals surface area contributed by atoms with Gasteiger partial charge in [-0.05, 0) is 122 Å². The molecule has 296 valence electrons. The lowest BCUT2D eigenvalue weighted by molar-refractivity contribution is 0.768. The van der Waals surface area contributed by atoms with Crippen LogP contribution in [0.3, 0.4) is 0 Å². The third-order valence-electron chi connectivity index (χ3n) is 13.0. The molecule has 0 aliphatic heterocycles. The molecule has 10 aromatic carbocycles. The molecule has 0 fully saturated rings. The second-order valence-electron chi connectivity index (χ2n) is 16.5. The van der Waals surface area contributed by atoms with Crippen LogP contribution in [0.2, 0.25) is 0 Å². The highest BCUT2D eigenvalue weighted by atomic mass is 15.1. The summed E-state index contributed by atoms with van der Waals surface area (Å²) in [4.78, 5) is 2.44. The predicted octanol–water partition coefficient (Wildman–Crippen LogP) is 16.0. The molecule has 0 saturated heterocycles. The van der Waals surface area contributed by atoms with E-state index in [0.717, 1.165) is 28.3 Å². The molecular weight excluding hydrogens is 761 g/mol. The second-order valence-corrected chi connectivity index (χ2v) is 16.5. The van der Waals surface area contributed by atoms with Crippen molar-refractivity contribution in [2.24, 2.45) is 0 Å². The Balaban J connectivity index is 1.07. The third-order valence-corrected chi connectivity index (χ3v) is 13.0. The summed E-state index contributed by atoms with van der Waals surface area (Å²) >= 11 is 0. The molecule has 0 N–H and O–H groups in total. The molecule has 0 bridgehead atoms. The highest BCUT2D eigenvalue weighted by Gasteiger charge is 2.46. The average molecular weight is 803 g/mol. The van der Waals surface area contributed by atoms with E-state index in [2.05, 4.69) is 264 Å². The van der Waals surface area contributed by atoms with Crippen molar-refractivity contribution >= 4 is 38.9 Å². The predicted molar refractivity (Wildman–Crippen MR) is 264 cm³/mol. The van der Waals surface area contributed by atoms with Crippen molar-refractivity contribution in [2.75, 3.05) is 4.90 Å². The van der Waals surface area contributed by atoms with Crippen molar-refractivity contribution in [3.05, 3.63) is 277 Å². The van der Waals surface area contributed by atoms with Crippen LogP contribution in [0.25, 0.3) is 60.9 Å². The van der Waals surface area contributed by atoms with E-state index >= 15 is 0 Å². The fourth-order valence-electron chi connectivity index (χ4n) is 10.3.